The molecular weight excluding hydrogens is 198 g/mol. The van der Waals surface area contributed by atoms with Crippen LogP contribution in [0.5, 0.6) is 0 Å². The molecule has 0 bridgehead atoms. The van der Waals surface area contributed by atoms with E-state index in [1.54, 1.807) is 0 Å². The zero-order valence-corrected chi connectivity index (χ0v) is 10.2. The second-order valence-electron chi connectivity index (χ2n) is 4.41. The number of ketones is 1. The van der Waals surface area contributed by atoms with Crippen LogP contribution in [-0.4, -0.2) is 5.78 Å². The smallest absolute Gasteiger partial charge is 0.137 e. The molecule has 2 N–H and O–H groups in total. The van der Waals surface area contributed by atoms with Crippen LogP contribution in [0.4, 0.5) is 0 Å². The maximum atomic E-state index is 11.8. The Morgan fingerprint density at radius 1 is 1.31 bits per heavy atom. The topological polar surface area (TPSA) is 43.1 Å². The van der Waals surface area contributed by atoms with Gasteiger partial charge in [0, 0.05) is 19.4 Å². The number of carbonyl (C=O) groups excluding carboxylic acids is 1. The summed E-state index contributed by atoms with van der Waals surface area (Å²) in [5.41, 5.74) is 7.81. The zero-order valence-electron chi connectivity index (χ0n) is 10.2. The summed E-state index contributed by atoms with van der Waals surface area (Å²) in [6.45, 7) is 4.74. The van der Waals surface area contributed by atoms with Crippen molar-refractivity contribution in [2.45, 2.75) is 39.7 Å². The van der Waals surface area contributed by atoms with E-state index >= 15 is 0 Å². The maximum absolute atomic E-state index is 11.8. The number of benzene rings is 1. The fourth-order valence-electron chi connectivity index (χ4n) is 1.75. The number of hydrogen-bond acceptors (Lipinski definition) is 2. The molecule has 0 saturated carbocycles. The first-order valence-electron chi connectivity index (χ1n) is 5.95. The molecule has 0 aliphatic heterocycles. The first-order valence-corrected chi connectivity index (χ1v) is 5.95. The Morgan fingerprint density at radius 3 is 2.50 bits per heavy atom. The van der Waals surface area contributed by atoms with E-state index in [2.05, 4.69) is 13.8 Å². The van der Waals surface area contributed by atoms with Crippen LogP contribution in [0.15, 0.2) is 24.3 Å². The molecule has 0 aliphatic rings. The maximum Gasteiger partial charge on any atom is 0.137 e. The Morgan fingerprint density at radius 2 is 1.94 bits per heavy atom. The molecule has 0 radical (unpaired) electrons. The number of hydrogen-bond donors (Lipinski definition) is 1. The van der Waals surface area contributed by atoms with E-state index < -0.39 is 0 Å². The molecule has 0 amide bonds. The van der Waals surface area contributed by atoms with Crippen molar-refractivity contribution in [1.29, 1.82) is 0 Å². The molecule has 1 unspecified atom stereocenters. The Hall–Kier alpha value is -1.15. The lowest BCUT2D eigenvalue weighted by molar-refractivity contribution is -0.119. The lowest BCUT2D eigenvalue weighted by Gasteiger charge is -2.09. The molecule has 1 aromatic rings. The number of nitrogens with two attached hydrogens (primary N) is 1. The molecule has 1 rings (SSSR count). The summed E-state index contributed by atoms with van der Waals surface area (Å²) in [6.07, 6.45) is 2.26. The quantitative estimate of drug-likeness (QED) is 0.799. The van der Waals surface area contributed by atoms with Crippen LogP contribution >= 0.6 is 0 Å². The van der Waals surface area contributed by atoms with Crippen LogP contribution in [0.2, 0.25) is 0 Å². The summed E-state index contributed by atoms with van der Waals surface area (Å²) in [6, 6.07) is 7.92. The number of Topliss-reactive ketones (excluding diaryl/α,β-unsaturated/α-hetero) is 1. The van der Waals surface area contributed by atoms with Crippen molar-refractivity contribution < 1.29 is 4.79 Å². The predicted octanol–water partition coefficient (Wildman–Crippen LogP) is 2.69. The molecular formula is C14H21NO. The third-order valence-electron chi connectivity index (χ3n) is 3.00. The number of rotatable bonds is 6. The second kappa shape index (κ2) is 6.44. The van der Waals surface area contributed by atoms with E-state index in [-0.39, 0.29) is 0 Å². The minimum Gasteiger partial charge on any atom is -0.326 e. The van der Waals surface area contributed by atoms with E-state index in [0.717, 1.165) is 17.5 Å². The van der Waals surface area contributed by atoms with Crippen molar-refractivity contribution in [2.75, 3.05) is 0 Å². The fraction of sp³-hybridized carbons (Fsp3) is 0.500. The van der Waals surface area contributed by atoms with E-state index in [4.69, 9.17) is 5.73 Å². The highest BCUT2D eigenvalue weighted by Crippen LogP contribution is 2.13. The minimum absolute atomic E-state index is 0.315. The van der Waals surface area contributed by atoms with Crippen LogP contribution in [0, 0.1) is 5.92 Å². The van der Waals surface area contributed by atoms with Crippen molar-refractivity contribution in [2.24, 2.45) is 11.7 Å². The van der Waals surface area contributed by atoms with E-state index in [1.165, 1.54) is 0 Å². The van der Waals surface area contributed by atoms with E-state index in [0.29, 0.717) is 31.1 Å². The summed E-state index contributed by atoms with van der Waals surface area (Å²) in [5.74, 6) is 0.799. The largest absolute Gasteiger partial charge is 0.326 e. The second-order valence-corrected chi connectivity index (χ2v) is 4.41. The van der Waals surface area contributed by atoms with Gasteiger partial charge in [-0.05, 0) is 17.0 Å². The molecule has 0 heterocycles. The first kappa shape index (κ1) is 12.9. The summed E-state index contributed by atoms with van der Waals surface area (Å²) in [4.78, 5) is 11.8. The molecule has 0 spiro atoms. The van der Waals surface area contributed by atoms with Crippen LogP contribution < -0.4 is 5.73 Å². The van der Waals surface area contributed by atoms with Gasteiger partial charge in [0.1, 0.15) is 5.78 Å². The van der Waals surface area contributed by atoms with Gasteiger partial charge in [0.05, 0.1) is 0 Å². The van der Waals surface area contributed by atoms with Crippen LogP contribution in [-0.2, 0) is 17.8 Å². The Balaban J connectivity index is 2.62. The van der Waals surface area contributed by atoms with Crippen molar-refractivity contribution in [3.63, 3.8) is 0 Å². The first-order chi connectivity index (χ1) is 7.67. The third kappa shape index (κ3) is 3.78. The van der Waals surface area contributed by atoms with Gasteiger partial charge in [-0.15, -0.1) is 0 Å². The highest BCUT2D eigenvalue weighted by molar-refractivity contribution is 5.81. The van der Waals surface area contributed by atoms with Crippen molar-refractivity contribution in [3.05, 3.63) is 35.4 Å². The van der Waals surface area contributed by atoms with Gasteiger partial charge in [0.2, 0.25) is 0 Å². The molecule has 2 nitrogen and oxygen atoms in total. The number of carbonyl (C=O) groups is 1. The van der Waals surface area contributed by atoms with Gasteiger partial charge in [-0.25, -0.2) is 0 Å². The third-order valence-corrected chi connectivity index (χ3v) is 3.00. The van der Waals surface area contributed by atoms with Crippen LogP contribution in [0.1, 0.15) is 37.8 Å². The fourth-order valence-corrected chi connectivity index (χ4v) is 1.75. The molecule has 2 heteroatoms. The summed E-state index contributed by atoms with van der Waals surface area (Å²) in [7, 11) is 0. The molecule has 1 atom stereocenters. The van der Waals surface area contributed by atoms with Gasteiger partial charge in [0.25, 0.3) is 0 Å². The summed E-state index contributed by atoms with van der Waals surface area (Å²) in [5, 5.41) is 0. The van der Waals surface area contributed by atoms with Gasteiger partial charge in [-0.3, -0.25) is 4.79 Å². The lowest BCUT2D eigenvalue weighted by atomic mass is 9.96. The average Bonchev–Trinajstić information content (AvgIpc) is 2.29. The molecule has 1 aromatic carbocycles. The van der Waals surface area contributed by atoms with Crippen LogP contribution in [0.3, 0.4) is 0 Å². The van der Waals surface area contributed by atoms with Crippen molar-refractivity contribution >= 4 is 5.78 Å². The normalized spacial score (nSPS) is 12.4. The monoisotopic (exact) mass is 219 g/mol. The van der Waals surface area contributed by atoms with Gasteiger partial charge in [0.15, 0.2) is 0 Å². The van der Waals surface area contributed by atoms with Crippen molar-refractivity contribution in [1.82, 2.24) is 0 Å². The predicted molar refractivity (Wildman–Crippen MR) is 67.1 cm³/mol. The van der Waals surface area contributed by atoms with Crippen LogP contribution in [0.25, 0.3) is 0 Å². The highest BCUT2D eigenvalue weighted by Gasteiger charge is 2.10. The SMILES string of the molecule is CCC(C)CC(=O)Cc1ccccc1CN. The zero-order chi connectivity index (χ0) is 12.0. The lowest BCUT2D eigenvalue weighted by Crippen LogP contribution is -2.10. The van der Waals surface area contributed by atoms with Gasteiger partial charge in [-0.2, -0.15) is 0 Å². The molecule has 0 aromatic heterocycles. The summed E-state index contributed by atoms with van der Waals surface area (Å²) >= 11 is 0. The molecule has 0 fully saturated rings. The average molecular weight is 219 g/mol. The Labute approximate surface area is 97.9 Å². The van der Waals surface area contributed by atoms with Gasteiger partial charge < -0.3 is 5.73 Å². The molecule has 88 valence electrons. The highest BCUT2D eigenvalue weighted by atomic mass is 16.1. The molecule has 16 heavy (non-hydrogen) atoms. The Bertz CT molecular complexity index is 346. The minimum atomic E-state index is 0.315. The molecule has 0 aliphatic carbocycles. The Kier molecular flexibility index (Phi) is 5.20. The van der Waals surface area contributed by atoms with Crippen molar-refractivity contribution in [3.8, 4) is 0 Å². The van der Waals surface area contributed by atoms with E-state index in [1.807, 2.05) is 24.3 Å². The molecule has 0 saturated heterocycles. The standard InChI is InChI=1S/C14H21NO/c1-3-11(2)8-14(16)9-12-6-4-5-7-13(12)10-15/h4-7,11H,3,8-10,15H2,1-2H3. The summed E-state index contributed by atoms with van der Waals surface area (Å²) < 4.78 is 0. The van der Waals surface area contributed by atoms with Gasteiger partial charge in [-0.1, -0.05) is 44.5 Å². The van der Waals surface area contributed by atoms with Gasteiger partial charge >= 0.3 is 0 Å². The van der Waals surface area contributed by atoms with E-state index in [9.17, 15) is 4.79 Å².